The lowest BCUT2D eigenvalue weighted by Gasteiger charge is -2.15. The van der Waals surface area contributed by atoms with Crippen LogP contribution in [0.2, 0.25) is 0 Å². The highest BCUT2D eigenvalue weighted by atomic mass is 16.2. The van der Waals surface area contributed by atoms with Gasteiger partial charge in [0.05, 0.1) is 11.6 Å². The van der Waals surface area contributed by atoms with Gasteiger partial charge in [0.2, 0.25) is 5.91 Å². The fraction of sp³-hybridized carbons (Fsp3) is 0.308. The van der Waals surface area contributed by atoms with Gasteiger partial charge in [-0.2, -0.15) is 0 Å². The Morgan fingerprint density at radius 2 is 2.06 bits per heavy atom. The van der Waals surface area contributed by atoms with E-state index in [2.05, 4.69) is 27.3 Å². The number of rotatable bonds is 2. The van der Waals surface area contributed by atoms with E-state index in [1.807, 2.05) is 18.2 Å². The van der Waals surface area contributed by atoms with Crippen LogP contribution in [-0.4, -0.2) is 35.6 Å². The summed E-state index contributed by atoms with van der Waals surface area (Å²) in [6, 6.07) is 9.53. The first-order valence-corrected chi connectivity index (χ1v) is 5.91. The van der Waals surface area contributed by atoms with Gasteiger partial charge in [-0.05, 0) is 5.56 Å². The predicted octanol–water partition coefficient (Wildman–Crippen LogP) is 0.809. The van der Waals surface area contributed by atoms with E-state index in [0.29, 0.717) is 18.8 Å². The van der Waals surface area contributed by atoms with Crippen molar-refractivity contribution in [2.24, 2.45) is 10.9 Å². The van der Waals surface area contributed by atoms with Gasteiger partial charge < -0.3 is 0 Å². The zero-order chi connectivity index (χ0) is 12.5. The maximum Gasteiger partial charge on any atom is 0.347 e. The van der Waals surface area contributed by atoms with Crippen molar-refractivity contribution in [1.82, 2.24) is 10.2 Å². The van der Waals surface area contributed by atoms with Crippen LogP contribution >= 0.6 is 0 Å². The summed E-state index contributed by atoms with van der Waals surface area (Å²) in [5.41, 5.74) is 1.89. The van der Waals surface area contributed by atoms with Gasteiger partial charge in [-0.15, -0.1) is 0 Å². The van der Waals surface area contributed by atoms with Gasteiger partial charge in [0.15, 0.2) is 0 Å². The second kappa shape index (κ2) is 4.34. The van der Waals surface area contributed by atoms with Crippen LogP contribution < -0.4 is 5.32 Å². The SMILES string of the molecule is O=C1N=C2CN(Cc3ccccc3)CC2C(=O)N1. The van der Waals surface area contributed by atoms with Crippen molar-refractivity contribution in [3.63, 3.8) is 0 Å². The molecule has 2 aliphatic heterocycles. The highest BCUT2D eigenvalue weighted by Gasteiger charge is 2.38. The summed E-state index contributed by atoms with van der Waals surface area (Å²) in [5.74, 6) is -0.480. The topological polar surface area (TPSA) is 61.8 Å². The monoisotopic (exact) mass is 243 g/mol. The summed E-state index contributed by atoms with van der Waals surface area (Å²) in [4.78, 5) is 28.8. The zero-order valence-electron chi connectivity index (χ0n) is 9.80. The molecule has 5 heteroatoms. The number of hydrogen-bond donors (Lipinski definition) is 1. The number of likely N-dealkylation sites (tertiary alicyclic amines) is 1. The summed E-state index contributed by atoms with van der Waals surface area (Å²) >= 11 is 0. The molecule has 1 saturated heterocycles. The van der Waals surface area contributed by atoms with Gasteiger partial charge in [-0.25, -0.2) is 9.79 Å². The molecule has 1 atom stereocenters. The lowest BCUT2D eigenvalue weighted by atomic mass is 10.1. The van der Waals surface area contributed by atoms with Gasteiger partial charge in [-0.1, -0.05) is 30.3 Å². The molecule has 0 bridgehead atoms. The van der Waals surface area contributed by atoms with E-state index < -0.39 is 6.03 Å². The first-order valence-electron chi connectivity index (χ1n) is 5.91. The number of carbonyl (C=O) groups is 2. The average Bonchev–Trinajstić information content (AvgIpc) is 2.73. The second-order valence-corrected chi connectivity index (χ2v) is 4.61. The van der Waals surface area contributed by atoms with Crippen LogP contribution in [0.4, 0.5) is 4.79 Å². The number of carbonyl (C=O) groups excluding carboxylic acids is 2. The maximum atomic E-state index is 11.6. The highest BCUT2D eigenvalue weighted by Crippen LogP contribution is 2.19. The number of benzene rings is 1. The van der Waals surface area contributed by atoms with Crippen LogP contribution in [0.15, 0.2) is 35.3 Å². The van der Waals surface area contributed by atoms with Crippen molar-refractivity contribution >= 4 is 17.6 Å². The molecule has 0 aliphatic carbocycles. The van der Waals surface area contributed by atoms with E-state index in [4.69, 9.17) is 0 Å². The van der Waals surface area contributed by atoms with Crippen LogP contribution in [0.5, 0.6) is 0 Å². The Labute approximate surface area is 105 Å². The summed E-state index contributed by atoms with van der Waals surface area (Å²) in [7, 11) is 0. The Kier molecular flexibility index (Phi) is 2.68. The fourth-order valence-corrected chi connectivity index (χ4v) is 2.43. The smallest absolute Gasteiger partial charge is 0.292 e. The van der Waals surface area contributed by atoms with Crippen molar-refractivity contribution in [3.05, 3.63) is 35.9 Å². The maximum absolute atomic E-state index is 11.6. The second-order valence-electron chi connectivity index (χ2n) is 4.61. The Hall–Kier alpha value is -2.01. The van der Waals surface area contributed by atoms with Crippen LogP contribution in [0.1, 0.15) is 5.56 Å². The standard InChI is InChI=1S/C13H13N3O2/c17-12-10-7-16(6-9-4-2-1-3-5-9)8-11(10)14-13(18)15-12/h1-5,10H,6-8H2,(H,15,17,18). The summed E-state index contributed by atoms with van der Waals surface area (Å²) in [6.07, 6.45) is 0. The molecule has 0 spiro atoms. The summed E-state index contributed by atoms with van der Waals surface area (Å²) in [6.45, 7) is 2.00. The Bertz CT molecular complexity index is 524. The van der Waals surface area contributed by atoms with Gasteiger partial charge in [0.25, 0.3) is 0 Å². The summed E-state index contributed by atoms with van der Waals surface area (Å²) in [5, 5.41) is 2.24. The third-order valence-electron chi connectivity index (χ3n) is 3.27. The first kappa shape index (κ1) is 11.1. The molecule has 1 unspecified atom stereocenters. The predicted molar refractivity (Wildman–Crippen MR) is 66.2 cm³/mol. The molecule has 1 aromatic rings. The van der Waals surface area contributed by atoms with Crippen LogP contribution in [0.25, 0.3) is 0 Å². The normalized spacial score (nSPS) is 23.6. The van der Waals surface area contributed by atoms with E-state index in [1.165, 1.54) is 5.56 Å². The Balaban J connectivity index is 1.74. The first-order chi connectivity index (χ1) is 8.72. The quantitative estimate of drug-likeness (QED) is 0.836. The molecule has 5 nitrogen and oxygen atoms in total. The molecule has 1 N–H and O–H groups in total. The molecule has 1 aromatic carbocycles. The van der Waals surface area contributed by atoms with Crippen molar-refractivity contribution in [2.75, 3.05) is 13.1 Å². The van der Waals surface area contributed by atoms with Crippen molar-refractivity contribution in [3.8, 4) is 0 Å². The van der Waals surface area contributed by atoms with Gasteiger partial charge in [0, 0.05) is 19.6 Å². The molecule has 0 aromatic heterocycles. The van der Waals surface area contributed by atoms with E-state index in [9.17, 15) is 9.59 Å². The molecular formula is C13H13N3O2. The van der Waals surface area contributed by atoms with E-state index in [1.54, 1.807) is 0 Å². The minimum absolute atomic E-state index is 0.222. The van der Waals surface area contributed by atoms with Crippen molar-refractivity contribution in [1.29, 1.82) is 0 Å². The number of imide groups is 1. The van der Waals surface area contributed by atoms with Crippen LogP contribution in [-0.2, 0) is 11.3 Å². The molecule has 18 heavy (non-hydrogen) atoms. The minimum Gasteiger partial charge on any atom is -0.292 e. The molecule has 0 saturated carbocycles. The van der Waals surface area contributed by atoms with Gasteiger partial charge in [-0.3, -0.25) is 15.0 Å². The van der Waals surface area contributed by atoms with Crippen LogP contribution in [0.3, 0.4) is 0 Å². The average molecular weight is 243 g/mol. The van der Waals surface area contributed by atoms with E-state index in [0.717, 1.165) is 6.54 Å². The van der Waals surface area contributed by atoms with E-state index >= 15 is 0 Å². The number of amides is 3. The van der Waals surface area contributed by atoms with Crippen molar-refractivity contribution in [2.45, 2.75) is 6.54 Å². The lowest BCUT2D eigenvalue weighted by molar-refractivity contribution is -0.122. The van der Waals surface area contributed by atoms with Crippen LogP contribution in [0, 0.1) is 5.92 Å². The zero-order valence-corrected chi connectivity index (χ0v) is 9.80. The highest BCUT2D eigenvalue weighted by molar-refractivity contribution is 6.18. The molecule has 3 amide bonds. The Morgan fingerprint density at radius 1 is 1.28 bits per heavy atom. The third-order valence-corrected chi connectivity index (χ3v) is 3.27. The minimum atomic E-state index is -0.534. The molecule has 2 aliphatic rings. The number of aliphatic imine (C=N–C) groups is 1. The molecule has 3 rings (SSSR count). The van der Waals surface area contributed by atoms with Gasteiger partial charge >= 0.3 is 6.03 Å². The number of nitrogens with zero attached hydrogens (tertiary/aromatic N) is 2. The van der Waals surface area contributed by atoms with Crippen molar-refractivity contribution < 1.29 is 9.59 Å². The fourth-order valence-electron chi connectivity index (χ4n) is 2.43. The molecule has 2 heterocycles. The largest absolute Gasteiger partial charge is 0.347 e. The molecule has 92 valence electrons. The third kappa shape index (κ3) is 2.04. The number of fused-ring (bicyclic) bond motifs is 1. The summed E-state index contributed by atoms with van der Waals surface area (Å²) < 4.78 is 0. The Morgan fingerprint density at radius 3 is 2.83 bits per heavy atom. The number of nitrogens with one attached hydrogen (secondary N) is 1. The number of hydrogen-bond acceptors (Lipinski definition) is 3. The lowest BCUT2D eigenvalue weighted by Crippen LogP contribution is -2.42. The molecule has 0 radical (unpaired) electrons. The molecule has 1 fully saturated rings. The number of urea groups is 1. The van der Waals surface area contributed by atoms with E-state index in [-0.39, 0.29) is 11.8 Å². The molecular weight excluding hydrogens is 230 g/mol. The van der Waals surface area contributed by atoms with Gasteiger partial charge in [0.1, 0.15) is 0 Å².